The maximum absolute atomic E-state index is 12.5. The Balaban J connectivity index is 2.68. The molecule has 0 aliphatic heterocycles. The molecule has 1 aromatic rings. The fraction of sp³-hybridized carbons (Fsp3) is 0.615. The summed E-state index contributed by atoms with van der Waals surface area (Å²) in [7, 11) is 3.93. The van der Waals surface area contributed by atoms with Gasteiger partial charge in [-0.15, -0.1) is 0 Å². The third-order valence-corrected chi connectivity index (χ3v) is 2.53. The van der Waals surface area contributed by atoms with Crippen LogP contribution in [-0.4, -0.2) is 37.1 Å². The molecule has 0 unspecified atom stereocenters. The van der Waals surface area contributed by atoms with E-state index in [9.17, 15) is 13.2 Å². The van der Waals surface area contributed by atoms with E-state index in [1.165, 1.54) is 6.07 Å². The first-order valence-corrected chi connectivity index (χ1v) is 6.03. The summed E-state index contributed by atoms with van der Waals surface area (Å²) in [6.45, 7) is 5.49. The zero-order chi connectivity index (χ0) is 14.7. The largest absolute Gasteiger partial charge is 0.433 e. The molecule has 108 valence electrons. The number of anilines is 1. The van der Waals surface area contributed by atoms with Crippen molar-refractivity contribution in [2.45, 2.75) is 20.0 Å². The van der Waals surface area contributed by atoms with Crippen molar-refractivity contribution in [2.75, 3.05) is 32.5 Å². The SMILES string of the molecule is CN(C)CC(C)(C)CNc1cccc(C(F)(F)F)n1. The number of aromatic nitrogens is 1. The minimum Gasteiger partial charge on any atom is -0.369 e. The lowest BCUT2D eigenvalue weighted by atomic mass is 9.93. The van der Waals surface area contributed by atoms with Crippen LogP contribution in [0.4, 0.5) is 19.0 Å². The number of pyridine rings is 1. The fourth-order valence-electron chi connectivity index (χ4n) is 1.93. The van der Waals surface area contributed by atoms with Crippen LogP contribution in [-0.2, 0) is 6.18 Å². The lowest BCUT2D eigenvalue weighted by molar-refractivity contribution is -0.141. The summed E-state index contributed by atoms with van der Waals surface area (Å²) in [5, 5.41) is 2.96. The van der Waals surface area contributed by atoms with Crippen LogP contribution in [0.15, 0.2) is 18.2 Å². The molecule has 0 bridgehead atoms. The zero-order valence-electron chi connectivity index (χ0n) is 11.7. The second-order valence-corrected chi connectivity index (χ2v) is 5.66. The number of halogens is 3. The molecule has 1 heterocycles. The maximum atomic E-state index is 12.5. The van der Waals surface area contributed by atoms with Gasteiger partial charge in [0.1, 0.15) is 11.5 Å². The average Bonchev–Trinajstić information content (AvgIpc) is 2.24. The van der Waals surface area contributed by atoms with E-state index in [0.29, 0.717) is 6.54 Å². The van der Waals surface area contributed by atoms with E-state index in [2.05, 4.69) is 10.3 Å². The molecular formula is C13H20F3N3. The smallest absolute Gasteiger partial charge is 0.369 e. The summed E-state index contributed by atoms with van der Waals surface area (Å²) in [4.78, 5) is 5.62. The van der Waals surface area contributed by atoms with Gasteiger partial charge in [0, 0.05) is 13.1 Å². The van der Waals surface area contributed by atoms with Gasteiger partial charge in [-0.25, -0.2) is 4.98 Å². The normalized spacial score (nSPS) is 12.8. The number of hydrogen-bond acceptors (Lipinski definition) is 3. The summed E-state index contributed by atoms with van der Waals surface area (Å²) in [6.07, 6.45) is -4.41. The van der Waals surface area contributed by atoms with Gasteiger partial charge in [0.05, 0.1) is 0 Å². The molecule has 0 aromatic carbocycles. The highest BCUT2D eigenvalue weighted by Gasteiger charge is 2.32. The van der Waals surface area contributed by atoms with Crippen LogP contribution in [0.25, 0.3) is 0 Å². The number of hydrogen-bond donors (Lipinski definition) is 1. The van der Waals surface area contributed by atoms with Crippen LogP contribution in [0.1, 0.15) is 19.5 Å². The Hall–Kier alpha value is -1.30. The summed E-state index contributed by atoms with van der Waals surface area (Å²) in [6, 6.07) is 3.87. The van der Waals surface area contributed by atoms with Crippen molar-refractivity contribution in [3.8, 4) is 0 Å². The van der Waals surface area contributed by atoms with Gasteiger partial charge in [0.2, 0.25) is 0 Å². The molecule has 1 N–H and O–H groups in total. The highest BCUT2D eigenvalue weighted by molar-refractivity contribution is 5.36. The molecule has 3 nitrogen and oxygen atoms in total. The first-order chi connectivity index (χ1) is 8.60. The van der Waals surface area contributed by atoms with Crippen molar-refractivity contribution in [3.63, 3.8) is 0 Å². The van der Waals surface area contributed by atoms with Gasteiger partial charge in [0.15, 0.2) is 0 Å². The van der Waals surface area contributed by atoms with Crippen LogP contribution in [0.2, 0.25) is 0 Å². The number of nitrogens with zero attached hydrogens (tertiary/aromatic N) is 2. The van der Waals surface area contributed by atoms with Crippen molar-refractivity contribution in [1.29, 1.82) is 0 Å². The van der Waals surface area contributed by atoms with Crippen LogP contribution < -0.4 is 5.32 Å². The third kappa shape index (κ3) is 5.46. The van der Waals surface area contributed by atoms with E-state index in [4.69, 9.17) is 0 Å². The van der Waals surface area contributed by atoms with Gasteiger partial charge in [-0.3, -0.25) is 0 Å². The Morgan fingerprint density at radius 2 is 1.84 bits per heavy atom. The van der Waals surface area contributed by atoms with Crippen LogP contribution in [0, 0.1) is 5.41 Å². The van der Waals surface area contributed by atoms with Gasteiger partial charge in [0.25, 0.3) is 0 Å². The number of alkyl halides is 3. The van der Waals surface area contributed by atoms with Gasteiger partial charge < -0.3 is 10.2 Å². The van der Waals surface area contributed by atoms with Crippen LogP contribution in [0.5, 0.6) is 0 Å². The van der Waals surface area contributed by atoms with E-state index in [0.717, 1.165) is 12.6 Å². The predicted molar refractivity (Wildman–Crippen MR) is 70.1 cm³/mol. The molecular weight excluding hydrogens is 255 g/mol. The van der Waals surface area contributed by atoms with Crippen molar-refractivity contribution in [1.82, 2.24) is 9.88 Å². The summed E-state index contributed by atoms with van der Waals surface area (Å²) in [5.41, 5.74) is -0.928. The number of rotatable bonds is 5. The molecule has 0 aliphatic carbocycles. The molecule has 0 amide bonds. The highest BCUT2D eigenvalue weighted by Crippen LogP contribution is 2.28. The van der Waals surface area contributed by atoms with E-state index in [-0.39, 0.29) is 11.2 Å². The molecule has 19 heavy (non-hydrogen) atoms. The van der Waals surface area contributed by atoms with Crippen LogP contribution >= 0.6 is 0 Å². The molecule has 1 rings (SSSR count). The average molecular weight is 275 g/mol. The highest BCUT2D eigenvalue weighted by atomic mass is 19.4. The van der Waals surface area contributed by atoms with Gasteiger partial charge in [-0.2, -0.15) is 13.2 Å². The van der Waals surface area contributed by atoms with Crippen LogP contribution in [0.3, 0.4) is 0 Å². The minimum atomic E-state index is -4.41. The van der Waals surface area contributed by atoms with E-state index >= 15 is 0 Å². The molecule has 0 aliphatic rings. The van der Waals surface area contributed by atoms with E-state index in [1.807, 2.05) is 32.8 Å². The standard InChI is InChI=1S/C13H20F3N3/c1-12(2,9-19(3)4)8-17-11-7-5-6-10(18-11)13(14,15)16/h5-7H,8-9H2,1-4H3,(H,17,18). The molecule has 0 saturated heterocycles. The summed E-state index contributed by atoms with van der Waals surface area (Å²) in [5.74, 6) is 0.252. The second kappa shape index (κ2) is 5.77. The quantitative estimate of drug-likeness (QED) is 0.895. The molecule has 0 saturated carbocycles. The zero-order valence-corrected chi connectivity index (χ0v) is 11.7. The van der Waals surface area contributed by atoms with Gasteiger partial charge in [-0.1, -0.05) is 19.9 Å². The maximum Gasteiger partial charge on any atom is 0.433 e. The predicted octanol–water partition coefficient (Wildman–Crippen LogP) is 3.10. The lowest BCUT2D eigenvalue weighted by Gasteiger charge is -2.28. The van der Waals surface area contributed by atoms with E-state index < -0.39 is 11.9 Å². The Morgan fingerprint density at radius 1 is 1.21 bits per heavy atom. The Morgan fingerprint density at radius 3 is 2.37 bits per heavy atom. The van der Waals surface area contributed by atoms with Gasteiger partial charge in [-0.05, 0) is 31.6 Å². The second-order valence-electron chi connectivity index (χ2n) is 5.66. The van der Waals surface area contributed by atoms with Crippen molar-refractivity contribution in [3.05, 3.63) is 23.9 Å². The lowest BCUT2D eigenvalue weighted by Crippen LogP contribution is -2.34. The molecule has 1 aromatic heterocycles. The van der Waals surface area contributed by atoms with Crippen molar-refractivity contribution >= 4 is 5.82 Å². The molecule has 6 heteroatoms. The Labute approximate surface area is 111 Å². The summed E-state index contributed by atoms with van der Waals surface area (Å²) < 4.78 is 37.6. The van der Waals surface area contributed by atoms with Crippen molar-refractivity contribution < 1.29 is 13.2 Å². The van der Waals surface area contributed by atoms with E-state index in [1.54, 1.807) is 6.07 Å². The number of nitrogens with one attached hydrogen (secondary N) is 1. The fourth-order valence-corrected chi connectivity index (χ4v) is 1.93. The minimum absolute atomic E-state index is 0.0561. The Bertz CT molecular complexity index is 414. The van der Waals surface area contributed by atoms with Gasteiger partial charge >= 0.3 is 6.18 Å². The third-order valence-electron chi connectivity index (χ3n) is 2.53. The van der Waals surface area contributed by atoms with Crippen molar-refractivity contribution in [2.24, 2.45) is 5.41 Å². The molecule has 0 atom stereocenters. The first kappa shape index (κ1) is 15.8. The first-order valence-electron chi connectivity index (χ1n) is 6.03. The monoisotopic (exact) mass is 275 g/mol. The molecule has 0 spiro atoms. The molecule has 0 fully saturated rings. The summed E-state index contributed by atoms with van der Waals surface area (Å²) >= 11 is 0. The Kier molecular flexibility index (Phi) is 4.79. The topological polar surface area (TPSA) is 28.2 Å². The molecule has 0 radical (unpaired) electrons.